The first-order valence-corrected chi connectivity index (χ1v) is 11.8. The summed E-state index contributed by atoms with van der Waals surface area (Å²) in [5.41, 5.74) is 3.19. The summed E-state index contributed by atoms with van der Waals surface area (Å²) in [6, 6.07) is 12.3. The standard InChI is InChI=1S/C27H23FINO4/c1-14(31)10-17-6-5-7-19(11-17)23-16(3)30(4)26(32)24-21(15(2)27(33)34-25(23)24)12-18-8-9-20(29)13-22(18)28/h5-9,11,13H,10,12H2,1-4H3. The molecule has 0 radical (unpaired) electrons. The molecule has 5 nitrogen and oxygen atoms in total. The van der Waals surface area contributed by atoms with Crippen molar-refractivity contribution in [1.29, 1.82) is 0 Å². The first kappa shape index (κ1) is 24.1. The van der Waals surface area contributed by atoms with Gasteiger partial charge in [-0.05, 0) is 77.7 Å². The third kappa shape index (κ3) is 4.36. The van der Waals surface area contributed by atoms with E-state index in [4.69, 9.17) is 4.42 Å². The number of carbonyl (C=O) groups excluding carboxylic acids is 1. The minimum absolute atomic E-state index is 0.0307. The van der Waals surface area contributed by atoms with Crippen LogP contribution in [0.5, 0.6) is 0 Å². The predicted octanol–water partition coefficient (Wildman–Crippen LogP) is 5.24. The second-order valence-corrected chi connectivity index (χ2v) is 9.76. The van der Waals surface area contributed by atoms with Gasteiger partial charge in [0.2, 0.25) is 0 Å². The number of Topliss-reactive ketones (excluding diaryl/α,β-unsaturated/α-hetero) is 1. The number of hydrogen-bond donors (Lipinski definition) is 0. The van der Waals surface area contributed by atoms with Crippen LogP contribution in [0.15, 0.2) is 56.5 Å². The maximum Gasteiger partial charge on any atom is 0.339 e. The molecule has 0 N–H and O–H groups in total. The second-order valence-electron chi connectivity index (χ2n) is 8.51. The maximum absolute atomic E-state index is 14.7. The molecule has 4 aromatic rings. The Balaban J connectivity index is 2.06. The Hall–Kier alpha value is -3.07. The fourth-order valence-corrected chi connectivity index (χ4v) is 4.72. The molecule has 34 heavy (non-hydrogen) atoms. The van der Waals surface area contributed by atoms with Crippen molar-refractivity contribution in [3.63, 3.8) is 0 Å². The van der Waals surface area contributed by atoms with Crippen LogP contribution in [0.4, 0.5) is 4.39 Å². The van der Waals surface area contributed by atoms with Crippen molar-refractivity contribution >= 4 is 39.3 Å². The van der Waals surface area contributed by atoms with Gasteiger partial charge in [0.15, 0.2) is 5.58 Å². The molecule has 2 heterocycles. The summed E-state index contributed by atoms with van der Waals surface area (Å²) in [7, 11) is 1.66. The van der Waals surface area contributed by atoms with E-state index in [-0.39, 0.29) is 40.7 Å². The van der Waals surface area contributed by atoms with Gasteiger partial charge in [0.05, 0.1) is 5.39 Å². The fraction of sp³-hybridized carbons (Fsp3) is 0.222. The number of pyridine rings is 1. The van der Waals surface area contributed by atoms with E-state index in [1.54, 1.807) is 33.0 Å². The van der Waals surface area contributed by atoms with E-state index in [0.29, 0.717) is 22.4 Å². The SMILES string of the molecule is CC(=O)Cc1cccc(-c2c(C)n(C)c(=O)c3c(Cc4ccc(I)cc4F)c(C)c(=O)oc23)c1. The summed E-state index contributed by atoms with van der Waals surface area (Å²) in [4.78, 5) is 37.9. The van der Waals surface area contributed by atoms with Crippen molar-refractivity contribution in [3.8, 4) is 11.1 Å². The fourth-order valence-electron chi connectivity index (χ4n) is 4.26. The van der Waals surface area contributed by atoms with Gasteiger partial charge in [0.25, 0.3) is 5.56 Å². The Labute approximate surface area is 209 Å². The zero-order chi connectivity index (χ0) is 24.7. The van der Waals surface area contributed by atoms with Crippen LogP contribution < -0.4 is 11.2 Å². The molecule has 4 rings (SSSR count). The molecular formula is C27H23FINO4. The second kappa shape index (κ2) is 9.29. The Kier molecular flexibility index (Phi) is 6.58. The lowest BCUT2D eigenvalue weighted by Gasteiger charge is -2.17. The van der Waals surface area contributed by atoms with E-state index < -0.39 is 11.4 Å². The zero-order valence-electron chi connectivity index (χ0n) is 19.3. The first-order valence-electron chi connectivity index (χ1n) is 10.8. The minimum atomic E-state index is -0.567. The largest absolute Gasteiger partial charge is 0.422 e. The van der Waals surface area contributed by atoms with Crippen LogP contribution in [0.1, 0.15) is 34.9 Å². The molecule has 0 amide bonds. The van der Waals surface area contributed by atoms with Crippen LogP contribution in [0.25, 0.3) is 22.1 Å². The van der Waals surface area contributed by atoms with E-state index in [0.717, 1.165) is 14.7 Å². The number of nitrogens with zero attached hydrogens (tertiary/aromatic N) is 1. The van der Waals surface area contributed by atoms with E-state index >= 15 is 0 Å². The summed E-state index contributed by atoms with van der Waals surface area (Å²) in [6.45, 7) is 4.90. The van der Waals surface area contributed by atoms with E-state index in [1.165, 1.54) is 17.6 Å². The van der Waals surface area contributed by atoms with Gasteiger partial charge < -0.3 is 8.98 Å². The van der Waals surface area contributed by atoms with Crippen molar-refractivity contribution < 1.29 is 13.6 Å². The van der Waals surface area contributed by atoms with E-state index in [2.05, 4.69) is 0 Å². The number of rotatable bonds is 5. The molecule has 0 aliphatic rings. The molecule has 174 valence electrons. The molecule has 0 bridgehead atoms. The van der Waals surface area contributed by atoms with Crippen LogP contribution >= 0.6 is 22.6 Å². The summed E-state index contributed by atoms with van der Waals surface area (Å²) in [6.07, 6.45) is 0.357. The van der Waals surface area contributed by atoms with Gasteiger partial charge in [-0.2, -0.15) is 0 Å². The van der Waals surface area contributed by atoms with Crippen molar-refractivity contribution in [2.45, 2.75) is 33.6 Å². The number of halogens is 2. The number of aromatic nitrogens is 1. The molecule has 0 saturated heterocycles. The van der Waals surface area contributed by atoms with Crippen LogP contribution in [-0.4, -0.2) is 10.4 Å². The average molecular weight is 571 g/mol. The van der Waals surface area contributed by atoms with Crippen molar-refractivity contribution in [3.05, 3.63) is 101 Å². The maximum atomic E-state index is 14.7. The molecule has 0 saturated carbocycles. The molecule has 0 aliphatic carbocycles. The molecule has 0 aliphatic heterocycles. The van der Waals surface area contributed by atoms with Gasteiger partial charge >= 0.3 is 5.63 Å². The average Bonchev–Trinajstić information content (AvgIpc) is 2.77. The monoisotopic (exact) mass is 571 g/mol. The Morgan fingerprint density at radius 1 is 1.12 bits per heavy atom. The highest BCUT2D eigenvalue weighted by Gasteiger charge is 2.23. The minimum Gasteiger partial charge on any atom is -0.422 e. The normalized spacial score (nSPS) is 11.2. The van der Waals surface area contributed by atoms with E-state index in [1.807, 2.05) is 46.9 Å². The van der Waals surface area contributed by atoms with Crippen molar-refractivity contribution in [2.24, 2.45) is 7.05 Å². The first-order chi connectivity index (χ1) is 16.1. The predicted molar refractivity (Wildman–Crippen MR) is 139 cm³/mol. The summed E-state index contributed by atoms with van der Waals surface area (Å²) < 4.78 is 22.7. The van der Waals surface area contributed by atoms with Crippen molar-refractivity contribution in [2.75, 3.05) is 0 Å². The zero-order valence-corrected chi connectivity index (χ0v) is 21.4. The summed E-state index contributed by atoms with van der Waals surface area (Å²) in [5.74, 6) is -0.364. The highest BCUT2D eigenvalue weighted by molar-refractivity contribution is 14.1. The summed E-state index contributed by atoms with van der Waals surface area (Å²) >= 11 is 2.03. The molecule has 2 aromatic heterocycles. The lowest BCUT2D eigenvalue weighted by atomic mass is 9.94. The van der Waals surface area contributed by atoms with Crippen LogP contribution in [-0.2, 0) is 24.7 Å². The molecule has 0 spiro atoms. The number of ketones is 1. The molecule has 0 unspecified atom stereocenters. The molecule has 7 heteroatoms. The molecular weight excluding hydrogens is 548 g/mol. The topological polar surface area (TPSA) is 69.3 Å². The van der Waals surface area contributed by atoms with Gasteiger partial charge in [-0.25, -0.2) is 9.18 Å². The molecule has 0 atom stereocenters. The van der Waals surface area contributed by atoms with Crippen LogP contribution in [0, 0.1) is 23.2 Å². The van der Waals surface area contributed by atoms with E-state index in [9.17, 15) is 18.8 Å². The quantitative estimate of drug-likeness (QED) is 0.308. The van der Waals surface area contributed by atoms with Gasteiger partial charge in [0.1, 0.15) is 11.6 Å². The highest BCUT2D eigenvalue weighted by Crippen LogP contribution is 2.33. The number of hydrogen-bond acceptors (Lipinski definition) is 4. The Morgan fingerprint density at radius 3 is 2.53 bits per heavy atom. The van der Waals surface area contributed by atoms with Crippen LogP contribution in [0.2, 0.25) is 0 Å². The third-order valence-electron chi connectivity index (χ3n) is 6.14. The highest BCUT2D eigenvalue weighted by atomic mass is 127. The van der Waals surface area contributed by atoms with Crippen LogP contribution in [0.3, 0.4) is 0 Å². The Bertz CT molecular complexity index is 1580. The third-order valence-corrected chi connectivity index (χ3v) is 6.81. The van der Waals surface area contributed by atoms with Gasteiger partial charge in [-0.1, -0.05) is 30.3 Å². The summed E-state index contributed by atoms with van der Waals surface area (Å²) in [5, 5.41) is 0.259. The van der Waals surface area contributed by atoms with Gasteiger partial charge in [0, 0.05) is 40.3 Å². The smallest absolute Gasteiger partial charge is 0.339 e. The molecule has 0 fully saturated rings. The lowest BCUT2D eigenvalue weighted by molar-refractivity contribution is -0.116. The number of fused-ring (bicyclic) bond motifs is 1. The number of benzene rings is 2. The van der Waals surface area contributed by atoms with Gasteiger partial charge in [-0.3, -0.25) is 9.59 Å². The number of carbonyl (C=O) groups is 1. The van der Waals surface area contributed by atoms with Crippen molar-refractivity contribution in [1.82, 2.24) is 4.57 Å². The Morgan fingerprint density at radius 2 is 1.85 bits per heavy atom. The lowest BCUT2D eigenvalue weighted by Crippen LogP contribution is -2.24. The molecule has 2 aromatic carbocycles. The van der Waals surface area contributed by atoms with Gasteiger partial charge in [-0.15, -0.1) is 0 Å².